The van der Waals surface area contributed by atoms with E-state index in [0.29, 0.717) is 22.8 Å². The maximum absolute atomic E-state index is 9.69. The number of likely N-dealkylation sites (tertiary alicyclic amines) is 1. The number of rotatable bonds is 5. The number of hydrogen-bond acceptors (Lipinski definition) is 4. The molecule has 0 spiro atoms. The van der Waals surface area contributed by atoms with E-state index >= 15 is 0 Å². The van der Waals surface area contributed by atoms with Gasteiger partial charge in [0.2, 0.25) is 0 Å². The fourth-order valence-electron chi connectivity index (χ4n) is 3.21. The molecule has 2 radical (unpaired) electrons. The van der Waals surface area contributed by atoms with Crippen molar-refractivity contribution < 1.29 is 0 Å². The van der Waals surface area contributed by atoms with Crippen LogP contribution >= 0.6 is 0 Å². The molecule has 1 heterocycles. The Kier molecular flexibility index (Phi) is 7.41. The van der Waals surface area contributed by atoms with Gasteiger partial charge in [0.15, 0.2) is 0 Å². The van der Waals surface area contributed by atoms with E-state index in [4.69, 9.17) is 7.85 Å². The molecule has 1 aliphatic rings. The zero-order chi connectivity index (χ0) is 18.9. The molecule has 0 saturated carbocycles. The molecule has 0 unspecified atom stereocenters. The van der Waals surface area contributed by atoms with Crippen molar-refractivity contribution in [2.45, 2.75) is 39.5 Å². The van der Waals surface area contributed by atoms with Crippen molar-refractivity contribution in [3.8, 4) is 6.07 Å². The number of allylic oxidation sites excluding steroid dienone is 3. The van der Waals surface area contributed by atoms with Crippen molar-refractivity contribution >= 4 is 19.2 Å². The smallest absolute Gasteiger partial charge is 0.137 e. The van der Waals surface area contributed by atoms with E-state index in [-0.39, 0.29) is 0 Å². The predicted molar refractivity (Wildman–Crippen MR) is 109 cm³/mol. The van der Waals surface area contributed by atoms with Crippen LogP contribution in [0.25, 0.3) is 0 Å². The normalized spacial score (nSPS) is 18.0. The van der Waals surface area contributed by atoms with Gasteiger partial charge in [0, 0.05) is 13.1 Å². The molecule has 0 N–H and O–H groups in total. The summed E-state index contributed by atoms with van der Waals surface area (Å²) in [6.45, 7) is 7.26. The molecule has 5 heteroatoms. The summed E-state index contributed by atoms with van der Waals surface area (Å²) in [5.41, 5.74) is 3.81. The summed E-state index contributed by atoms with van der Waals surface area (Å²) in [7, 11) is 5.55. The lowest BCUT2D eigenvalue weighted by atomic mass is 9.89. The highest BCUT2D eigenvalue weighted by Gasteiger charge is 2.23. The fourth-order valence-corrected chi connectivity index (χ4v) is 3.21. The second kappa shape index (κ2) is 9.77. The van der Waals surface area contributed by atoms with Gasteiger partial charge >= 0.3 is 0 Å². The molecule has 2 rings (SSSR count). The predicted octanol–water partition coefficient (Wildman–Crippen LogP) is 4.18. The number of nitrogens with zero attached hydrogens (tertiary/aromatic N) is 4. The Morgan fingerprint density at radius 1 is 1.19 bits per heavy atom. The van der Waals surface area contributed by atoms with E-state index in [1.807, 2.05) is 19.1 Å². The van der Waals surface area contributed by atoms with Crippen molar-refractivity contribution in [2.75, 3.05) is 13.1 Å². The summed E-state index contributed by atoms with van der Waals surface area (Å²) in [6.07, 6.45) is 6.08. The fraction of sp³-hybridized carbons (Fsp3) is 0.381. The lowest BCUT2D eigenvalue weighted by Crippen LogP contribution is -2.33. The van der Waals surface area contributed by atoms with Crippen molar-refractivity contribution in [1.82, 2.24) is 4.90 Å². The minimum Gasteiger partial charge on any atom is -0.370 e. The summed E-state index contributed by atoms with van der Waals surface area (Å²) in [5, 5.41) is 17.7. The van der Waals surface area contributed by atoms with Crippen LogP contribution < -0.4 is 0 Å². The molecule has 4 nitrogen and oxygen atoms in total. The SMILES string of the molecule is [B]/C(C)=N/N=C(C)/C(C#N)=C(\C=C/C)N1CCC(c2ccccc2)CC1. The summed E-state index contributed by atoms with van der Waals surface area (Å²) in [6, 6.07) is 12.9. The van der Waals surface area contributed by atoms with Crippen molar-refractivity contribution in [3.05, 3.63) is 59.3 Å². The van der Waals surface area contributed by atoms with Gasteiger partial charge in [0.05, 0.1) is 17.0 Å². The van der Waals surface area contributed by atoms with Crippen LogP contribution in [0.2, 0.25) is 0 Å². The molecule has 0 amide bonds. The van der Waals surface area contributed by atoms with Gasteiger partial charge < -0.3 is 4.90 Å². The Bertz CT molecular complexity index is 757. The number of piperidine rings is 1. The second-order valence-corrected chi connectivity index (χ2v) is 6.47. The lowest BCUT2D eigenvalue weighted by Gasteiger charge is -2.35. The Balaban J connectivity index is 2.23. The average molecular weight is 344 g/mol. The molecule has 1 aromatic rings. The zero-order valence-electron chi connectivity index (χ0n) is 15.8. The molecule has 0 aliphatic carbocycles. The monoisotopic (exact) mass is 344 g/mol. The Hall–Kier alpha value is -2.61. The molecule has 26 heavy (non-hydrogen) atoms. The molecular weight excluding hydrogens is 319 g/mol. The molecule has 132 valence electrons. The number of benzene rings is 1. The minimum atomic E-state index is 0.373. The molecule has 1 aliphatic heterocycles. The molecule has 1 saturated heterocycles. The highest BCUT2D eigenvalue weighted by molar-refractivity contribution is 6.59. The summed E-state index contributed by atoms with van der Waals surface area (Å²) in [5.74, 6) is 0.573. The first-order valence-corrected chi connectivity index (χ1v) is 8.98. The first-order valence-electron chi connectivity index (χ1n) is 8.98. The van der Waals surface area contributed by atoms with Gasteiger partial charge in [-0.25, -0.2) is 0 Å². The second-order valence-electron chi connectivity index (χ2n) is 6.47. The minimum absolute atomic E-state index is 0.373. The van der Waals surface area contributed by atoms with E-state index in [2.05, 4.69) is 51.5 Å². The Morgan fingerprint density at radius 3 is 2.38 bits per heavy atom. The van der Waals surface area contributed by atoms with Crippen LogP contribution in [0.3, 0.4) is 0 Å². The van der Waals surface area contributed by atoms with Gasteiger partial charge in [0.1, 0.15) is 13.9 Å². The first kappa shape index (κ1) is 19.7. The first-order chi connectivity index (χ1) is 12.6. The highest BCUT2D eigenvalue weighted by Crippen LogP contribution is 2.30. The van der Waals surface area contributed by atoms with Gasteiger partial charge in [-0.2, -0.15) is 15.5 Å². The molecule has 0 bridgehead atoms. The van der Waals surface area contributed by atoms with E-state index in [1.54, 1.807) is 13.8 Å². The quantitative estimate of drug-likeness (QED) is 0.264. The molecule has 0 aromatic heterocycles. The third-order valence-electron chi connectivity index (χ3n) is 4.52. The van der Waals surface area contributed by atoms with Gasteiger partial charge in [0.25, 0.3) is 0 Å². The third kappa shape index (κ3) is 5.19. The van der Waals surface area contributed by atoms with Crippen LogP contribution in [0, 0.1) is 11.3 Å². The molecule has 0 atom stereocenters. The van der Waals surface area contributed by atoms with Crippen LogP contribution in [0.5, 0.6) is 0 Å². The number of hydrogen-bond donors (Lipinski definition) is 0. The average Bonchev–Trinajstić information content (AvgIpc) is 2.67. The van der Waals surface area contributed by atoms with Crippen molar-refractivity contribution in [1.29, 1.82) is 5.26 Å². The van der Waals surface area contributed by atoms with Gasteiger partial charge in [-0.15, -0.1) is 0 Å². The van der Waals surface area contributed by atoms with Crippen LogP contribution in [0.1, 0.15) is 45.1 Å². The molecule has 1 fully saturated rings. The highest BCUT2D eigenvalue weighted by atomic mass is 15.2. The molecule has 1 aromatic carbocycles. The number of nitriles is 1. The maximum atomic E-state index is 9.69. The lowest BCUT2D eigenvalue weighted by molar-refractivity contribution is 0.269. The van der Waals surface area contributed by atoms with Crippen LogP contribution in [-0.4, -0.2) is 37.2 Å². The topological polar surface area (TPSA) is 51.8 Å². The van der Waals surface area contributed by atoms with Crippen LogP contribution in [0.4, 0.5) is 0 Å². The van der Waals surface area contributed by atoms with E-state index in [9.17, 15) is 5.26 Å². The summed E-state index contributed by atoms with van der Waals surface area (Å²) in [4.78, 5) is 2.27. The Morgan fingerprint density at radius 2 is 1.85 bits per heavy atom. The van der Waals surface area contributed by atoms with Crippen LogP contribution in [-0.2, 0) is 0 Å². The standard InChI is InChI=1S/C21H25BN4/c1-4-8-21(20(15-23)16(2)24-25-17(3)22)26-13-11-19(12-14-26)18-9-6-5-7-10-18/h4-10,19H,11-14H2,1-3H3/b8-4-,21-20+,24-16+,25-17+. The van der Waals surface area contributed by atoms with Crippen molar-refractivity contribution in [3.63, 3.8) is 0 Å². The van der Waals surface area contributed by atoms with Gasteiger partial charge in [-0.1, -0.05) is 36.4 Å². The van der Waals surface area contributed by atoms with Crippen LogP contribution in [0.15, 0.2) is 64.0 Å². The Labute approximate surface area is 158 Å². The summed E-state index contributed by atoms with van der Waals surface area (Å²) < 4.78 is 0. The largest absolute Gasteiger partial charge is 0.370 e. The van der Waals surface area contributed by atoms with E-state index in [1.165, 1.54) is 5.56 Å². The van der Waals surface area contributed by atoms with Gasteiger partial charge in [-0.05, 0) is 56.8 Å². The van der Waals surface area contributed by atoms with Gasteiger partial charge in [-0.3, -0.25) is 0 Å². The zero-order valence-corrected chi connectivity index (χ0v) is 15.8. The summed E-state index contributed by atoms with van der Waals surface area (Å²) >= 11 is 0. The van der Waals surface area contributed by atoms with E-state index in [0.717, 1.165) is 31.6 Å². The molecular formula is C21H25BN4. The third-order valence-corrected chi connectivity index (χ3v) is 4.52. The van der Waals surface area contributed by atoms with Crippen molar-refractivity contribution in [2.24, 2.45) is 10.2 Å². The maximum Gasteiger partial charge on any atom is 0.137 e. The van der Waals surface area contributed by atoms with E-state index < -0.39 is 0 Å².